The van der Waals surface area contributed by atoms with E-state index in [0.29, 0.717) is 41.4 Å². The van der Waals surface area contributed by atoms with Crippen molar-refractivity contribution in [3.63, 3.8) is 0 Å². The monoisotopic (exact) mass is 756 g/mol. The molecule has 10 rings (SSSR count). The summed E-state index contributed by atoms with van der Waals surface area (Å²) < 4.78 is 0. The molecular formula is C53H36N6. The highest BCUT2D eigenvalue weighted by atomic mass is 15.0. The molecule has 2 aliphatic carbocycles. The number of hydrogen-bond donors (Lipinski definition) is 0. The smallest absolute Gasteiger partial charge is 0.164 e. The summed E-state index contributed by atoms with van der Waals surface area (Å²) in [6, 6.07) is 52.0. The molecule has 278 valence electrons. The number of allylic oxidation sites excluding steroid dienone is 8. The second kappa shape index (κ2) is 15.9. The van der Waals surface area contributed by atoms with E-state index in [0.717, 1.165) is 45.4 Å². The van der Waals surface area contributed by atoms with Crippen molar-refractivity contribution in [2.45, 2.75) is 18.8 Å². The van der Waals surface area contributed by atoms with E-state index in [1.165, 1.54) is 21.9 Å². The molecule has 6 heteroatoms. The molecule has 8 aromatic rings. The number of fused-ring (bicyclic) bond motifs is 1. The first-order valence-corrected chi connectivity index (χ1v) is 19.8. The highest BCUT2D eigenvalue weighted by Gasteiger charge is 2.21. The van der Waals surface area contributed by atoms with Gasteiger partial charge in [-0.2, -0.15) is 0 Å². The van der Waals surface area contributed by atoms with Crippen LogP contribution in [-0.4, -0.2) is 29.9 Å². The number of hydrogen-bond acceptors (Lipinski definition) is 6. The Bertz CT molecular complexity index is 2970. The van der Waals surface area contributed by atoms with Crippen molar-refractivity contribution in [2.75, 3.05) is 0 Å². The molecule has 0 aliphatic heterocycles. The Morgan fingerprint density at radius 1 is 0.458 bits per heavy atom. The van der Waals surface area contributed by atoms with E-state index in [1.807, 2.05) is 109 Å². The summed E-state index contributed by atoms with van der Waals surface area (Å²) >= 11 is 0. The largest absolute Gasteiger partial charge is 0.208 e. The van der Waals surface area contributed by atoms with Gasteiger partial charge >= 0.3 is 0 Å². The SMILES string of the molecule is C1#CC=C(c2nc(-c3ccccc3)nc(-c3ccc(-c4c(C5C=CC(c6nc(-c7ccccc7)nc(-c7ccccc7)n6)=CC5)ccc5ccccc45)cc3)n2)CC=C1. The van der Waals surface area contributed by atoms with Crippen LogP contribution in [0.5, 0.6) is 0 Å². The maximum Gasteiger partial charge on any atom is 0.164 e. The van der Waals surface area contributed by atoms with Crippen LogP contribution in [0.3, 0.4) is 0 Å². The van der Waals surface area contributed by atoms with Gasteiger partial charge in [0.2, 0.25) is 0 Å². The van der Waals surface area contributed by atoms with E-state index in [-0.39, 0.29) is 5.92 Å². The first kappa shape index (κ1) is 35.5. The molecule has 2 heterocycles. The van der Waals surface area contributed by atoms with Gasteiger partial charge in [0.05, 0.1) is 0 Å². The van der Waals surface area contributed by atoms with E-state index in [9.17, 15) is 0 Å². The number of aromatic nitrogens is 6. The third-order valence-electron chi connectivity index (χ3n) is 10.7. The molecule has 0 spiro atoms. The quantitative estimate of drug-likeness (QED) is 0.144. The van der Waals surface area contributed by atoms with Gasteiger partial charge in [-0.15, -0.1) is 0 Å². The van der Waals surface area contributed by atoms with Crippen molar-refractivity contribution in [2.24, 2.45) is 0 Å². The first-order valence-electron chi connectivity index (χ1n) is 19.8. The molecule has 59 heavy (non-hydrogen) atoms. The molecule has 6 aromatic carbocycles. The minimum Gasteiger partial charge on any atom is -0.208 e. The predicted octanol–water partition coefficient (Wildman–Crippen LogP) is 12.0. The minimum atomic E-state index is 0.145. The molecule has 0 saturated heterocycles. The fourth-order valence-corrected chi connectivity index (χ4v) is 7.66. The molecule has 0 fully saturated rings. The molecule has 0 amide bonds. The lowest BCUT2D eigenvalue weighted by atomic mass is 9.83. The lowest BCUT2D eigenvalue weighted by molar-refractivity contribution is 0.857. The van der Waals surface area contributed by atoms with Crippen molar-refractivity contribution >= 4 is 21.9 Å². The van der Waals surface area contributed by atoms with Crippen LogP contribution in [0, 0.1) is 11.8 Å². The van der Waals surface area contributed by atoms with E-state index in [2.05, 4.69) is 90.7 Å². The van der Waals surface area contributed by atoms with Crippen molar-refractivity contribution in [1.82, 2.24) is 29.9 Å². The lowest BCUT2D eigenvalue weighted by Crippen LogP contribution is -2.06. The molecule has 0 saturated carbocycles. The van der Waals surface area contributed by atoms with Crippen LogP contribution >= 0.6 is 0 Å². The molecule has 2 aliphatic rings. The van der Waals surface area contributed by atoms with Crippen molar-refractivity contribution in [1.29, 1.82) is 0 Å². The molecule has 0 N–H and O–H groups in total. The summed E-state index contributed by atoms with van der Waals surface area (Å²) in [4.78, 5) is 29.7. The van der Waals surface area contributed by atoms with Crippen molar-refractivity contribution < 1.29 is 0 Å². The third-order valence-corrected chi connectivity index (χ3v) is 10.7. The van der Waals surface area contributed by atoms with Gasteiger partial charge in [0.25, 0.3) is 0 Å². The normalized spacial score (nSPS) is 14.5. The second-order valence-corrected chi connectivity index (χ2v) is 14.5. The second-order valence-electron chi connectivity index (χ2n) is 14.5. The van der Waals surface area contributed by atoms with Crippen LogP contribution in [0.25, 0.3) is 78.6 Å². The third kappa shape index (κ3) is 7.41. The van der Waals surface area contributed by atoms with Crippen LogP contribution in [0.4, 0.5) is 0 Å². The lowest BCUT2D eigenvalue weighted by Gasteiger charge is -2.22. The number of rotatable bonds is 8. The van der Waals surface area contributed by atoms with Gasteiger partial charge < -0.3 is 0 Å². The number of benzene rings is 6. The zero-order chi connectivity index (χ0) is 39.4. The summed E-state index contributed by atoms with van der Waals surface area (Å²) in [5, 5.41) is 2.41. The minimum absolute atomic E-state index is 0.145. The van der Waals surface area contributed by atoms with E-state index in [1.54, 1.807) is 0 Å². The average molecular weight is 757 g/mol. The Labute approximate surface area is 343 Å². The molecule has 0 radical (unpaired) electrons. The van der Waals surface area contributed by atoms with Crippen LogP contribution in [0.15, 0.2) is 188 Å². The number of nitrogens with zero attached hydrogens (tertiary/aromatic N) is 6. The van der Waals surface area contributed by atoms with Crippen LogP contribution in [-0.2, 0) is 0 Å². The maximum absolute atomic E-state index is 4.99. The first-order chi connectivity index (χ1) is 29.2. The molecule has 1 atom stereocenters. The summed E-state index contributed by atoms with van der Waals surface area (Å²) in [6.45, 7) is 0. The van der Waals surface area contributed by atoms with Crippen LogP contribution < -0.4 is 0 Å². The van der Waals surface area contributed by atoms with Crippen LogP contribution in [0.2, 0.25) is 0 Å². The molecule has 6 nitrogen and oxygen atoms in total. The highest BCUT2D eigenvalue weighted by molar-refractivity contribution is 5.99. The van der Waals surface area contributed by atoms with E-state index in [4.69, 9.17) is 29.9 Å². The Morgan fingerprint density at radius 3 is 1.58 bits per heavy atom. The average Bonchev–Trinajstić information content (AvgIpc) is 3.62. The van der Waals surface area contributed by atoms with Gasteiger partial charge in [-0.3, -0.25) is 0 Å². The highest BCUT2D eigenvalue weighted by Crippen LogP contribution is 2.41. The Morgan fingerprint density at radius 2 is 0.983 bits per heavy atom. The van der Waals surface area contributed by atoms with E-state index >= 15 is 0 Å². The van der Waals surface area contributed by atoms with Gasteiger partial charge in [-0.1, -0.05) is 188 Å². The fourth-order valence-electron chi connectivity index (χ4n) is 7.66. The molecule has 0 bridgehead atoms. The predicted molar refractivity (Wildman–Crippen MR) is 238 cm³/mol. The Kier molecular flexibility index (Phi) is 9.59. The van der Waals surface area contributed by atoms with Gasteiger partial charge in [-0.25, -0.2) is 29.9 Å². The van der Waals surface area contributed by atoms with Crippen LogP contribution in [0.1, 0.15) is 36.0 Å². The fraction of sp³-hybridized carbons (Fsp3) is 0.0566. The summed E-state index contributed by atoms with van der Waals surface area (Å²) in [6.07, 6.45) is 14.0. The molecular weight excluding hydrogens is 721 g/mol. The zero-order valence-electron chi connectivity index (χ0n) is 32.1. The summed E-state index contributed by atoms with van der Waals surface area (Å²) in [5.41, 5.74) is 9.32. The van der Waals surface area contributed by atoms with E-state index < -0.39 is 0 Å². The zero-order valence-corrected chi connectivity index (χ0v) is 32.1. The van der Waals surface area contributed by atoms with Gasteiger partial charge in [0.1, 0.15) is 0 Å². The Hall–Kier alpha value is -7.88. The Balaban J connectivity index is 1.00. The molecule has 1 unspecified atom stereocenters. The van der Waals surface area contributed by atoms with Crippen molar-refractivity contribution in [3.8, 4) is 68.5 Å². The van der Waals surface area contributed by atoms with Gasteiger partial charge in [0, 0.05) is 39.3 Å². The maximum atomic E-state index is 4.99. The summed E-state index contributed by atoms with van der Waals surface area (Å²) in [5.74, 6) is 10.1. The van der Waals surface area contributed by atoms with Crippen molar-refractivity contribution in [3.05, 3.63) is 205 Å². The molecule has 2 aromatic heterocycles. The topological polar surface area (TPSA) is 77.3 Å². The van der Waals surface area contributed by atoms with Gasteiger partial charge in [0.15, 0.2) is 34.9 Å². The summed E-state index contributed by atoms with van der Waals surface area (Å²) in [7, 11) is 0. The van der Waals surface area contributed by atoms with Gasteiger partial charge in [-0.05, 0) is 52.5 Å². The standard InChI is InChI=1S/C53H36N6/c1-2-7-18-39(17-6-1)48-54-51(42-23-12-5-13-24-42)59-53(58-48)44-32-28-38(29-33-44)47-45-25-15-14-16-36(45)34-35-46(47)37-26-30-43(31-27-37)52-56-49(40-19-8-3-9-20-40)55-50(57-52)41-21-10-4-11-22-41/h1,3-6,8-16,18-26,28-35,37H,17,27H2.